The van der Waals surface area contributed by atoms with E-state index >= 15 is 0 Å². The van der Waals surface area contributed by atoms with E-state index in [1.165, 1.54) is 0 Å². The molecule has 0 spiro atoms. The molecule has 76 valence electrons. The lowest BCUT2D eigenvalue weighted by Crippen LogP contribution is -2.14. The fraction of sp³-hybridized carbons (Fsp3) is 0.545. The molecule has 1 heterocycles. The zero-order chi connectivity index (χ0) is 10.4. The molecular formula is C11H16N2O. The van der Waals surface area contributed by atoms with E-state index in [-0.39, 0.29) is 0 Å². The Bertz CT molecular complexity index is 324. The first-order valence-corrected chi connectivity index (χ1v) is 4.77. The van der Waals surface area contributed by atoms with Crippen LogP contribution in [0.4, 0.5) is 0 Å². The van der Waals surface area contributed by atoms with E-state index in [1.54, 1.807) is 0 Å². The minimum absolute atomic E-state index is 0.681. The molecule has 1 N–H and O–H groups in total. The van der Waals surface area contributed by atoms with Crippen LogP contribution < -0.4 is 5.32 Å². The lowest BCUT2D eigenvalue weighted by molar-refractivity contribution is 0.450. The van der Waals surface area contributed by atoms with Gasteiger partial charge in [-0.15, -0.1) is 11.8 Å². The first-order chi connectivity index (χ1) is 6.74. The van der Waals surface area contributed by atoms with Gasteiger partial charge >= 0.3 is 0 Å². The van der Waals surface area contributed by atoms with Crippen LogP contribution in [0.5, 0.6) is 0 Å². The van der Waals surface area contributed by atoms with Crippen LogP contribution in [0.15, 0.2) is 4.42 Å². The van der Waals surface area contributed by atoms with Crippen LogP contribution in [0.3, 0.4) is 0 Å². The van der Waals surface area contributed by atoms with E-state index in [0.29, 0.717) is 6.54 Å². The molecule has 0 aliphatic heterocycles. The van der Waals surface area contributed by atoms with Crippen molar-refractivity contribution in [2.45, 2.75) is 33.7 Å². The number of rotatable bonds is 4. The van der Waals surface area contributed by atoms with Gasteiger partial charge in [-0.05, 0) is 20.8 Å². The number of hydrogen-bond donors (Lipinski definition) is 1. The number of nitrogens with zero attached hydrogens (tertiary/aromatic N) is 1. The first kappa shape index (κ1) is 10.8. The van der Waals surface area contributed by atoms with Gasteiger partial charge in [0.1, 0.15) is 5.76 Å². The van der Waals surface area contributed by atoms with E-state index < -0.39 is 0 Å². The molecule has 0 aromatic carbocycles. The topological polar surface area (TPSA) is 38.1 Å². The van der Waals surface area contributed by atoms with Crippen molar-refractivity contribution in [1.82, 2.24) is 10.3 Å². The number of oxazole rings is 1. The van der Waals surface area contributed by atoms with E-state index in [9.17, 15) is 0 Å². The minimum atomic E-state index is 0.681. The summed E-state index contributed by atoms with van der Waals surface area (Å²) in [5.41, 5.74) is 0.968. The fourth-order valence-electron chi connectivity index (χ4n) is 1.09. The molecule has 0 unspecified atom stereocenters. The van der Waals surface area contributed by atoms with Crippen LogP contribution in [0.2, 0.25) is 0 Å². The van der Waals surface area contributed by atoms with Crippen molar-refractivity contribution in [3.8, 4) is 11.8 Å². The molecule has 0 aliphatic rings. The molecule has 0 saturated carbocycles. The van der Waals surface area contributed by atoms with Crippen LogP contribution in [0.25, 0.3) is 0 Å². The van der Waals surface area contributed by atoms with Crippen LogP contribution in [-0.4, -0.2) is 11.5 Å². The molecule has 1 aromatic rings. The molecule has 14 heavy (non-hydrogen) atoms. The number of hydrogen-bond acceptors (Lipinski definition) is 3. The Kier molecular flexibility index (Phi) is 4.21. The van der Waals surface area contributed by atoms with Gasteiger partial charge in [-0.1, -0.05) is 0 Å². The molecule has 0 bridgehead atoms. The molecule has 3 heteroatoms. The molecule has 1 rings (SSSR count). The van der Waals surface area contributed by atoms with Crippen molar-refractivity contribution >= 4 is 0 Å². The summed E-state index contributed by atoms with van der Waals surface area (Å²) in [5.74, 6) is 7.49. The maximum absolute atomic E-state index is 5.41. The Morgan fingerprint density at radius 3 is 2.79 bits per heavy atom. The Hall–Kier alpha value is -1.27. The Balaban J connectivity index is 2.27. The van der Waals surface area contributed by atoms with Crippen molar-refractivity contribution in [3.63, 3.8) is 0 Å². The number of aryl methyl sites for hydroxylation is 2. The van der Waals surface area contributed by atoms with Gasteiger partial charge in [0.05, 0.1) is 12.2 Å². The molecule has 0 atom stereocenters. The van der Waals surface area contributed by atoms with Gasteiger partial charge in [0.15, 0.2) is 0 Å². The zero-order valence-corrected chi connectivity index (χ0v) is 8.98. The van der Waals surface area contributed by atoms with E-state index in [2.05, 4.69) is 22.1 Å². The average molecular weight is 192 g/mol. The summed E-state index contributed by atoms with van der Waals surface area (Å²) in [6, 6.07) is 0. The molecule has 0 fully saturated rings. The smallest absolute Gasteiger partial charge is 0.208 e. The molecular weight excluding hydrogens is 176 g/mol. The Labute approximate surface area is 84.9 Å². The molecule has 0 radical (unpaired) electrons. The first-order valence-electron chi connectivity index (χ1n) is 4.77. The summed E-state index contributed by atoms with van der Waals surface area (Å²) in [6.45, 7) is 7.28. The van der Waals surface area contributed by atoms with Crippen LogP contribution in [0.1, 0.15) is 30.7 Å². The normalized spacial score (nSPS) is 9.64. The van der Waals surface area contributed by atoms with Gasteiger partial charge in [-0.25, -0.2) is 4.98 Å². The zero-order valence-electron chi connectivity index (χ0n) is 8.98. The Morgan fingerprint density at radius 2 is 2.21 bits per heavy atom. The van der Waals surface area contributed by atoms with E-state index in [0.717, 1.165) is 30.3 Å². The highest BCUT2D eigenvalue weighted by molar-refractivity contribution is 5.05. The third-order valence-electron chi connectivity index (χ3n) is 1.95. The van der Waals surface area contributed by atoms with Gasteiger partial charge in [-0.2, -0.15) is 0 Å². The number of aromatic nitrogens is 1. The van der Waals surface area contributed by atoms with Gasteiger partial charge in [0.25, 0.3) is 0 Å². The minimum Gasteiger partial charge on any atom is -0.444 e. The highest BCUT2D eigenvalue weighted by Gasteiger charge is 2.03. The van der Waals surface area contributed by atoms with Gasteiger partial charge in [0.2, 0.25) is 5.89 Å². The molecule has 0 amide bonds. The summed E-state index contributed by atoms with van der Waals surface area (Å²) in [6.07, 6.45) is 0.870. The van der Waals surface area contributed by atoms with Gasteiger partial charge in [-0.3, -0.25) is 0 Å². The third-order valence-corrected chi connectivity index (χ3v) is 1.95. The third kappa shape index (κ3) is 3.23. The summed E-state index contributed by atoms with van der Waals surface area (Å²) in [7, 11) is 0. The fourth-order valence-corrected chi connectivity index (χ4v) is 1.09. The van der Waals surface area contributed by atoms with Crippen molar-refractivity contribution in [1.29, 1.82) is 0 Å². The van der Waals surface area contributed by atoms with Crippen molar-refractivity contribution in [3.05, 3.63) is 17.3 Å². The van der Waals surface area contributed by atoms with Crippen molar-refractivity contribution in [2.24, 2.45) is 0 Å². The molecule has 1 aromatic heterocycles. The molecule has 0 saturated heterocycles. The van der Waals surface area contributed by atoms with Crippen molar-refractivity contribution < 1.29 is 4.42 Å². The maximum atomic E-state index is 5.41. The van der Waals surface area contributed by atoms with Gasteiger partial charge < -0.3 is 9.73 Å². The number of nitrogens with one attached hydrogen (secondary N) is 1. The SMILES string of the molecule is CC#CCCNCc1nc(C)c(C)o1. The van der Waals surface area contributed by atoms with Crippen LogP contribution in [-0.2, 0) is 6.54 Å². The summed E-state index contributed by atoms with van der Waals surface area (Å²) < 4.78 is 5.41. The van der Waals surface area contributed by atoms with E-state index in [4.69, 9.17) is 4.42 Å². The average Bonchev–Trinajstić information content (AvgIpc) is 2.46. The largest absolute Gasteiger partial charge is 0.444 e. The van der Waals surface area contributed by atoms with E-state index in [1.807, 2.05) is 20.8 Å². The second-order valence-corrected chi connectivity index (χ2v) is 3.10. The summed E-state index contributed by atoms with van der Waals surface area (Å²) in [4.78, 5) is 4.26. The Morgan fingerprint density at radius 1 is 1.43 bits per heavy atom. The maximum Gasteiger partial charge on any atom is 0.208 e. The summed E-state index contributed by atoms with van der Waals surface area (Å²) in [5, 5.41) is 3.22. The highest BCUT2D eigenvalue weighted by atomic mass is 16.4. The lowest BCUT2D eigenvalue weighted by Gasteiger charge is -1.96. The lowest BCUT2D eigenvalue weighted by atomic mass is 10.4. The molecule has 3 nitrogen and oxygen atoms in total. The summed E-state index contributed by atoms with van der Waals surface area (Å²) >= 11 is 0. The molecule has 0 aliphatic carbocycles. The van der Waals surface area contributed by atoms with Crippen LogP contribution >= 0.6 is 0 Å². The standard InChI is InChI=1S/C11H16N2O/c1-4-5-6-7-12-8-11-13-9(2)10(3)14-11/h12H,6-8H2,1-3H3. The monoisotopic (exact) mass is 192 g/mol. The van der Waals surface area contributed by atoms with Crippen LogP contribution in [0, 0.1) is 25.7 Å². The predicted octanol–water partition coefficient (Wildman–Crippen LogP) is 1.79. The van der Waals surface area contributed by atoms with Gasteiger partial charge in [0, 0.05) is 13.0 Å². The second-order valence-electron chi connectivity index (χ2n) is 3.10. The predicted molar refractivity (Wildman–Crippen MR) is 55.8 cm³/mol. The van der Waals surface area contributed by atoms with Crippen molar-refractivity contribution in [2.75, 3.05) is 6.54 Å². The second kappa shape index (κ2) is 5.46. The highest BCUT2D eigenvalue weighted by Crippen LogP contribution is 2.07. The quantitative estimate of drug-likeness (QED) is 0.584.